The molecule has 0 heterocycles. The zero-order chi connectivity index (χ0) is 20.5. The van der Waals surface area contributed by atoms with Gasteiger partial charge < -0.3 is 0 Å². The average Bonchev–Trinajstić information content (AvgIpc) is 2.58. The van der Waals surface area contributed by atoms with Gasteiger partial charge in [0.2, 0.25) is 0 Å². The second kappa shape index (κ2) is 18.1. The molecule has 5 atom stereocenters. The van der Waals surface area contributed by atoms with E-state index >= 15 is 0 Å². The summed E-state index contributed by atoms with van der Waals surface area (Å²) in [6.07, 6.45) is 21.5. The van der Waals surface area contributed by atoms with E-state index in [0.29, 0.717) is 0 Å². The highest BCUT2D eigenvalue weighted by Crippen LogP contribution is 2.27. The summed E-state index contributed by atoms with van der Waals surface area (Å²) in [5.41, 5.74) is 0. The summed E-state index contributed by atoms with van der Waals surface area (Å²) < 4.78 is 0. The van der Waals surface area contributed by atoms with E-state index in [-0.39, 0.29) is 0 Å². The molecule has 0 fully saturated rings. The first-order valence-electron chi connectivity index (χ1n) is 12.9. The fraction of sp³-hybridized carbons (Fsp3) is 1.00. The van der Waals surface area contributed by atoms with Crippen molar-refractivity contribution in [2.45, 2.75) is 145 Å². The van der Waals surface area contributed by atoms with Gasteiger partial charge in [-0.3, -0.25) is 0 Å². The molecule has 0 bridgehead atoms. The van der Waals surface area contributed by atoms with E-state index in [2.05, 4.69) is 48.5 Å². The van der Waals surface area contributed by atoms with Crippen LogP contribution in [0.4, 0.5) is 0 Å². The number of unbranched alkanes of at least 4 members (excludes halogenated alkanes) is 5. The molecule has 0 aliphatic rings. The minimum absolute atomic E-state index is 0.909. The molecule has 0 aromatic rings. The van der Waals surface area contributed by atoms with Crippen molar-refractivity contribution in [3.63, 3.8) is 0 Å². The van der Waals surface area contributed by atoms with Crippen molar-refractivity contribution in [1.82, 2.24) is 0 Å². The Morgan fingerprint density at radius 2 is 0.778 bits per heavy atom. The molecule has 0 spiro atoms. The van der Waals surface area contributed by atoms with Gasteiger partial charge in [0, 0.05) is 0 Å². The minimum Gasteiger partial charge on any atom is -0.0654 e. The predicted octanol–water partition coefficient (Wildman–Crippen LogP) is 10.1. The van der Waals surface area contributed by atoms with Gasteiger partial charge in [0.05, 0.1) is 0 Å². The Hall–Kier alpha value is 0. The summed E-state index contributed by atoms with van der Waals surface area (Å²) >= 11 is 0. The molecule has 0 radical (unpaired) electrons. The monoisotopic (exact) mass is 380 g/mol. The molecule has 0 aliphatic heterocycles. The molecule has 0 saturated heterocycles. The summed E-state index contributed by atoms with van der Waals surface area (Å²) in [5.74, 6) is 4.62. The normalized spacial score (nSPS) is 17.4. The second-order valence-corrected chi connectivity index (χ2v) is 10.5. The molecule has 0 rings (SSSR count). The maximum Gasteiger partial charge on any atom is -0.0438 e. The smallest absolute Gasteiger partial charge is 0.0438 e. The Balaban J connectivity index is 3.65. The number of rotatable bonds is 19. The predicted molar refractivity (Wildman–Crippen MR) is 126 cm³/mol. The van der Waals surface area contributed by atoms with Crippen molar-refractivity contribution in [2.24, 2.45) is 29.6 Å². The summed E-state index contributed by atoms with van der Waals surface area (Å²) in [6, 6.07) is 0. The van der Waals surface area contributed by atoms with Gasteiger partial charge in [-0.1, -0.05) is 126 Å². The molecule has 164 valence electrons. The molecular formula is C27H56. The fourth-order valence-electron chi connectivity index (χ4n) is 5.21. The maximum absolute atomic E-state index is 2.50. The van der Waals surface area contributed by atoms with Crippen molar-refractivity contribution in [1.29, 1.82) is 0 Å². The molecule has 0 unspecified atom stereocenters. The van der Waals surface area contributed by atoms with E-state index in [4.69, 9.17) is 0 Å². The zero-order valence-corrected chi connectivity index (χ0v) is 20.5. The average molecular weight is 381 g/mol. The van der Waals surface area contributed by atoms with Crippen LogP contribution in [0, 0.1) is 29.6 Å². The Bertz CT molecular complexity index is 294. The summed E-state index contributed by atoms with van der Waals surface area (Å²) in [7, 11) is 0. The fourth-order valence-corrected chi connectivity index (χ4v) is 5.21. The van der Waals surface area contributed by atoms with Gasteiger partial charge >= 0.3 is 0 Å². The molecule has 0 aromatic heterocycles. The Morgan fingerprint density at radius 3 is 1.26 bits per heavy atom. The van der Waals surface area contributed by atoms with Crippen molar-refractivity contribution in [2.75, 3.05) is 0 Å². The van der Waals surface area contributed by atoms with Crippen LogP contribution in [-0.4, -0.2) is 0 Å². The van der Waals surface area contributed by atoms with E-state index in [1.165, 1.54) is 96.3 Å². The molecule has 0 saturated carbocycles. The van der Waals surface area contributed by atoms with Crippen LogP contribution in [-0.2, 0) is 0 Å². The molecule has 0 aliphatic carbocycles. The third kappa shape index (κ3) is 17.8. The van der Waals surface area contributed by atoms with Crippen molar-refractivity contribution < 1.29 is 0 Å². The van der Waals surface area contributed by atoms with Crippen LogP contribution in [0.5, 0.6) is 0 Å². The second-order valence-electron chi connectivity index (χ2n) is 10.5. The first kappa shape index (κ1) is 27.0. The van der Waals surface area contributed by atoms with Crippen molar-refractivity contribution in [3.05, 3.63) is 0 Å². The summed E-state index contributed by atoms with van der Waals surface area (Å²) in [6.45, 7) is 17.0. The lowest BCUT2D eigenvalue weighted by atomic mass is 9.83. The van der Waals surface area contributed by atoms with Gasteiger partial charge in [0.25, 0.3) is 0 Å². The molecule has 0 N–H and O–H groups in total. The highest BCUT2D eigenvalue weighted by Gasteiger charge is 2.14. The van der Waals surface area contributed by atoms with Crippen LogP contribution < -0.4 is 0 Å². The highest BCUT2D eigenvalue weighted by atomic mass is 14.2. The van der Waals surface area contributed by atoms with Crippen LogP contribution in [0.1, 0.15) is 145 Å². The highest BCUT2D eigenvalue weighted by molar-refractivity contribution is 4.66. The van der Waals surface area contributed by atoms with Crippen LogP contribution in [0.3, 0.4) is 0 Å². The standard InChI is InChI=1S/C27H56/c1-8-10-11-13-17-23(3)18-14-12-15-19-25(5)21-27(7)22-26(6)20-24(4)16-9-2/h23-27H,8-22H2,1-7H3/t23-,24+,25+,26-,27-/m0/s1. The Morgan fingerprint density at radius 1 is 0.370 bits per heavy atom. The molecule has 27 heavy (non-hydrogen) atoms. The van der Waals surface area contributed by atoms with E-state index in [9.17, 15) is 0 Å². The largest absolute Gasteiger partial charge is 0.0654 e. The van der Waals surface area contributed by atoms with Crippen LogP contribution in [0.2, 0.25) is 0 Å². The zero-order valence-electron chi connectivity index (χ0n) is 20.5. The lowest BCUT2D eigenvalue weighted by Gasteiger charge is -2.23. The van der Waals surface area contributed by atoms with Gasteiger partial charge in [-0.2, -0.15) is 0 Å². The third-order valence-corrected chi connectivity index (χ3v) is 6.64. The van der Waals surface area contributed by atoms with Gasteiger partial charge in [-0.05, 0) is 48.9 Å². The van der Waals surface area contributed by atoms with Crippen LogP contribution in [0.15, 0.2) is 0 Å². The summed E-state index contributed by atoms with van der Waals surface area (Å²) in [4.78, 5) is 0. The van der Waals surface area contributed by atoms with Crippen molar-refractivity contribution in [3.8, 4) is 0 Å². The molecule has 0 amide bonds. The SMILES string of the molecule is CCCCCC[C@H](C)CCCCC[C@@H](C)C[C@H](C)C[C@@H](C)C[C@H](C)CCC. The molecule has 0 aromatic carbocycles. The van der Waals surface area contributed by atoms with Gasteiger partial charge in [0.1, 0.15) is 0 Å². The van der Waals surface area contributed by atoms with E-state index in [1.54, 1.807) is 0 Å². The third-order valence-electron chi connectivity index (χ3n) is 6.64. The van der Waals surface area contributed by atoms with E-state index < -0.39 is 0 Å². The molecular weight excluding hydrogens is 324 g/mol. The van der Waals surface area contributed by atoms with E-state index in [1.807, 2.05) is 0 Å². The Labute approximate surface area is 174 Å². The van der Waals surface area contributed by atoms with Gasteiger partial charge in [0.15, 0.2) is 0 Å². The number of hydrogen-bond donors (Lipinski definition) is 0. The number of hydrogen-bond acceptors (Lipinski definition) is 0. The lowest BCUT2D eigenvalue weighted by Crippen LogP contribution is -2.10. The topological polar surface area (TPSA) is 0 Å². The van der Waals surface area contributed by atoms with Gasteiger partial charge in [-0.15, -0.1) is 0 Å². The molecule has 0 nitrogen and oxygen atoms in total. The first-order chi connectivity index (χ1) is 12.9. The van der Waals surface area contributed by atoms with Crippen LogP contribution in [0.25, 0.3) is 0 Å². The van der Waals surface area contributed by atoms with E-state index in [0.717, 1.165) is 29.6 Å². The van der Waals surface area contributed by atoms with Crippen LogP contribution >= 0.6 is 0 Å². The summed E-state index contributed by atoms with van der Waals surface area (Å²) in [5, 5.41) is 0. The minimum atomic E-state index is 0.909. The Kier molecular flexibility index (Phi) is 18.1. The molecule has 0 heteroatoms. The van der Waals surface area contributed by atoms with Gasteiger partial charge in [-0.25, -0.2) is 0 Å². The van der Waals surface area contributed by atoms with Crippen molar-refractivity contribution >= 4 is 0 Å². The lowest BCUT2D eigenvalue weighted by molar-refractivity contribution is 0.293. The first-order valence-corrected chi connectivity index (χ1v) is 12.9. The quantitative estimate of drug-likeness (QED) is 0.195. The maximum atomic E-state index is 2.50.